The molecule has 0 radical (unpaired) electrons. The molecule has 0 aliphatic heterocycles. The van der Waals surface area contributed by atoms with Crippen molar-refractivity contribution in [1.29, 1.82) is 0 Å². The number of amides is 1. The molecule has 1 amide bonds. The van der Waals surface area contributed by atoms with Gasteiger partial charge < -0.3 is 15.8 Å². The Morgan fingerprint density at radius 1 is 1.24 bits per heavy atom. The lowest BCUT2D eigenvalue weighted by Gasteiger charge is -2.12. The maximum Gasteiger partial charge on any atom is 0.251 e. The van der Waals surface area contributed by atoms with Crippen LogP contribution in [0.5, 0.6) is 5.75 Å². The summed E-state index contributed by atoms with van der Waals surface area (Å²) in [6, 6.07) is 7.43. The lowest BCUT2D eigenvalue weighted by Crippen LogP contribution is -2.38. The minimum atomic E-state index is -0.0603. The lowest BCUT2D eigenvalue weighted by molar-refractivity contribution is 0.0950. The molecule has 1 aromatic carbocycles. The minimum absolute atomic E-state index is 0. The lowest BCUT2D eigenvalue weighted by atomic mass is 10.1. The van der Waals surface area contributed by atoms with Crippen LogP contribution < -0.4 is 15.8 Å². The highest BCUT2D eigenvalue weighted by Crippen LogP contribution is 2.31. The van der Waals surface area contributed by atoms with Crippen LogP contribution in [0.25, 0.3) is 0 Å². The Kier molecular flexibility index (Phi) is 5.48. The van der Waals surface area contributed by atoms with Crippen molar-refractivity contribution in [2.24, 2.45) is 17.6 Å². The standard InChI is InChI=1S/C16H22N2O2.ClH/c17-15(12-3-4-12)9-18-16(19)13-5-7-14(8-6-13)20-10-11-1-2-11;/h5-8,11-12,15H,1-4,9-10,17H2,(H,18,19);1H. The van der Waals surface area contributed by atoms with Crippen molar-refractivity contribution < 1.29 is 9.53 Å². The number of nitrogens with two attached hydrogens (primary N) is 1. The predicted octanol–water partition coefficient (Wildman–Crippen LogP) is 2.36. The van der Waals surface area contributed by atoms with Crippen LogP contribution in [0.15, 0.2) is 24.3 Å². The summed E-state index contributed by atoms with van der Waals surface area (Å²) < 4.78 is 5.65. The number of rotatable bonds is 7. The molecule has 0 spiro atoms. The minimum Gasteiger partial charge on any atom is -0.493 e. The fourth-order valence-corrected chi connectivity index (χ4v) is 2.20. The van der Waals surface area contributed by atoms with Crippen molar-refractivity contribution >= 4 is 18.3 Å². The number of ether oxygens (including phenoxy) is 1. The molecule has 0 bridgehead atoms. The number of carbonyl (C=O) groups excluding carboxylic acids is 1. The average molecular weight is 311 g/mol. The number of halogens is 1. The van der Waals surface area contributed by atoms with Gasteiger partial charge in [0.1, 0.15) is 5.75 Å². The van der Waals surface area contributed by atoms with Gasteiger partial charge in [0.15, 0.2) is 0 Å². The van der Waals surface area contributed by atoms with Crippen molar-refractivity contribution in [3.05, 3.63) is 29.8 Å². The molecular formula is C16H23ClN2O2. The normalized spacial score (nSPS) is 18.5. The van der Waals surface area contributed by atoms with E-state index >= 15 is 0 Å². The van der Waals surface area contributed by atoms with E-state index in [4.69, 9.17) is 10.5 Å². The van der Waals surface area contributed by atoms with Crippen LogP contribution in [0.1, 0.15) is 36.0 Å². The number of benzene rings is 1. The van der Waals surface area contributed by atoms with Crippen LogP contribution in [0, 0.1) is 11.8 Å². The highest BCUT2D eigenvalue weighted by atomic mass is 35.5. The highest BCUT2D eigenvalue weighted by Gasteiger charge is 2.28. The smallest absolute Gasteiger partial charge is 0.251 e. The molecule has 2 aliphatic rings. The van der Waals surface area contributed by atoms with Crippen molar-refractivity contribution in [3.8, 4) is 5.75 Å². The molecule has 4 nitrogen and oxygen atoms in total. The van der Waals surface area contributed by atoms with Crippen molar-refractivity contribution in [1.82, 2.24) is 5.32 Å². The Balaban J connectivity index is 0.00000161. The van der Waals surface area contributed by atoms with Gasteiger partial charge in [0.2, 0.25) is 0 Å². The van der Waals surface area contributed by atoms with E-state index in [2.05, 4.69) is 5.32 Å². The first-order valence-electron chi connectivity index (χ1n) is 7.49. The molecular weight excluding hydrogens is 288 g/mol. The van der Waals surface area contributed by atoms with Crippen LogP contribution in [0.2, 0.25) is 0 Å². The second-order valence-corrected chi connectivity index (χ2v) is 5.99. The Hall–Kier alpha value is -1.26. The number of carbonyl (C=O) groups is 1. The third kappa shape index (κ3) is 4.90. The van der Waals surface area contributed by atoms with Crippen LogP contribution in [0.3, 0.4) is 0 Å². The summed E-state index contributed by atoms with van der Waals surface area (Å²) in [5, 5.41) is 2.89. The van der Waals surface area contributed by atoms with Gasteiger partial charge in [-0.3, -0.25) is 4.79 Å². The highest BCUT2D eigenvalue weighted by molar-refractivity contribution is 5.94. The monoisotopic (exact) mass is 310 g/mol. The van der Waals surface area contributed by atoms with E-state index in [0.29, 0.717) is 18.0 Å². The molecule has 116 valence electrons. The quantitative estimate of drug-likeness (QED) is 0.812. The van der Waals surface area contributed by atoms with Gasteiger partial charge in [-0.1, -0.05) is 0 Å². The third-order valence-corrected chi connectivity index (χ3v) is 4.02. The second kappa shape index (κ2) is 7.14. The molecule has 1 atom stereocenters. The molecule has 2 fully saturated rings. The van der Waals surface area contributed by atoms with Gasteiger partial charge >= 0.3 is 0 Å². The Morgan fingerprint density at radius 2 is 1.90 bits per heavy atom. The summed E-state index contributed by atoms with van der Waals surface area (Å²) >= 11 is 0. The van der Waals surface area contributed by atoms with Crippen LogP contribution >= 0.6 is 12.4 Å². The van der Waals surface area contributed by atoms with Gasteiger partial charge in [-0.05, 0) is 61.8 Å². The molecule has 1 unspecified atom stereocenters. The van der Waals surface area contributed by atoms with E-state index in [-0.39, 0.29) is 24.4 Å². The van der Waals surface area contributed by atoms with E-state index in [9.17, 15) is 4.79 Å². The van der Waals surface area contributed by atoms with Crippen molar-refractivity contribution in [2.75, 3.05) is 13.2 Å². The summed E-state index contributed by atoms with van der Waals surface area (Å²) in [5.74, 6) is 2.12. The fourth-order valence-electron chi connectivity index (χ4n) is 2.20. The van der Waals surface area contributed by atoms with Gasteiger partial charge in [-0.25, -0.2) is 0 Å². The average Bonchev–Trinajstić information content (AvgIpc) is 3.35. The molecule has 0 saturated heterocycles. The summed E-state index contributed by atoms with van der Waals surface area (Å²) in [4.78, 5) is 12.0. The van der Waals surface area contributed by atoms with E-state index in [1.165, 1.54) is 25.7 Å². The molecule has 0 heterocycles. The second-order valence-electron chi connectivity index (χ2n) is 5.99. The largest absolute Gasteiger partial charge is 0.493 e. The van der Waals surface area contributed by atoms with Gasteiger partial charge in [-0.15, -0.1) is 12.4 Å². The van der Waals surface area contributed by atoms with Gasteiger partial charge in [-0.2, -0.15) is 0 Å². The SMILES string of the molecule is Cl.NC(CNC(=O)c1ccc(OCC2CC2)cc1)C1CC1. The van der Waals surface area contributed by atoms with Gasteiger partial charge in [0.05, 0.1) is 6.61 Å². The summed E-state index contributed by atoms with van der Waals surface area (Å²) in [5.41, 5.74) is 6.63. The van der Waals surface area contributed by atoms with Crippen LogP contribution in [-0.2, 0) is 0 Å². The molecule has 21 heavy (non-hydrogen) atoms. The topological polar surface area (TPSA) is 64.3 Å². The predicted molar refractivity (Wildman–Crippen MR) is 84.9 cm³/mol. The molecule has 2 saturated carbocycles. The van der Waals surface area contributed by atoms with E-state index in [1.807, 2.05) is 12.1 Å². The van der Waals surface area contributed by atoms with Gasteiger partial charge in [0, 0.05) is 18.2 Å². The maximum absolute atomic E-state index is 12.0. The number of nitrogens with one attached hydrogen (secondary N) is 1. The van der Waals surface area contributed by atoms with E-state index in [0.717, 1.165) is 18.3 Å². The van der Waals surface area contributed by atoms with E-state index < -0.39 is 0 Å². The zero-order valence-electron chi connectivity index (χ0n) is 12.1. The zero-order chi connectivity index (χ0) is 13.9. The van der Waals surface area contributed by atoms with Crippen molar-refractivity contribution in [3.63, 3.8) is 0 Å². The first kappa shape index (κ1) is 16.1. The number of hydrogen-bond acceptors (Lipinski definition) is 3. The summed E-state index contributed by atoms with van der Waals surface area (Å²) in [6.07, 6.45) is 4.96. The van der Waals surface area contributed by atoms with Gasteiger partial charge in [0.25, 0.3) is 5.91 Å². The van der Waals surface area contributed by atoms with Crippen LogP contribution in [-0.4, -0.2) is 25.1 Å². The van der Waals surface area contributed by atoms with Crippen molar-refractivity contribution in [2.45, 2.75) is 31.7 Å². The first-order valence-corrected chi connectivity index (χ1v) is 7.49. The Labute approximate surface area is 131 Å². The molecule has 1 aromatic rings. The molecule has 2 aliphatic carbocycles. The molecule has 0 aromatic heterocycles. The number of hydrogen-bond donors (Lipinski definition) is 2. The first-order chi connectivity index (χ1) is 9.72. The fraction of sp³-hybridized carbons (Fsp3) is 0.562. The Bertz CT molecular complexity index is 470. The summed E-state index contributed by atoms with van der Waals surface area (Å²) in [6.45, 7) is 1.35. The van der Waals surface area contributed by atoms with Crippen LogP contribution in [0.4, 0.5) is 0 Å². The zero-order valence-corrected chi connectivity index (χ0v) is 12.9. The molecule has 5 heteroatoms. The molecule has 3 rings (SSSR count). The summed E-state index contributed by atoms with van der Waals surface area (Å²) in [7, 11) is 0. The Morgan fingerprint density at radius 3 is 2.48 bits per heavy atom. The molecule has 3 N–H and O–H groups in total. The van der Waals surface area contributed by atoms with E-state index in [1.54, 1.807) is 12.1 Å². The maximum atomic E-state index is 12.0. The third-order valence-electron chi connectivity index (χ3n) is 4.02.